The Labute approximate surface area is 376 Å². The first kappa shape index (κ1) is 36.5. The summed E-state index contributed by atoms with van der Waals surface area (Å²) in [5.74, 6) is 2.76. The van der Waals surface area contributed by atoms with Crippen LogP contribution < -0.4 is 4.90 Å². The van der Waals surface area contributed by atoms with Crippen molar-refractivity contribution in [2.45, 2.75) is 49.4 Å². The monoisotopic (exact) mass is 819 g/mol. The molecule has 1 heteroatoms. The average Bonchev–Trinajstić information content (AvgIpc) is 3.81. The Hall–Kier alpha value is -6.96. The van der Waals surface area contributed by atoms with E-state index in [-0.39, 0.29) is 0 Å². The van der Waals surface area contributed by atoms with Gasteiger partial charge in [-0.2, -0.15) is 0 Å². The van der Waals surface area contributed by atoms with Gasteiger partial charge in [-0.05, 0) is 170 Å². The number of para-hydroxylation sites is 1. The molecule has 0 radical (unpaired) electrons. The second-order valence-electron chi connectivity index (χ2n) is 19.8. The third-order valence-corrected chi connectivity index (χ3v) is 16.4. The Kier molecular flexibility index (Phi) is 7.86. The number of benzene rings is 9. The Balaban J connectivity index is 0.940. The molecular formula is C63H49N. The Morgan fingerprint density at radius 1 is 0.328 bits per heavy atom. The average molecular weight is 820 g/mol. The highest BCUT2D eigenvalue weighted by atomic mass is 15.1. The first-order valence-electron chi connectivity index (χ1n) is 23.7. The maximum absolute atomic E-state index is 2.54. The van der Waals surface area contributed by atoms with Crippen molar-refractivity contribution >= 4 is 27.8 Å². The van der Waals surface area contributed by atoms with Gasteiger partial charge in [0.15, 0.2) is 0 Å². The second kappa shape index (κ2) is 13.8. The summed E-state index contributed by atoms with van der Waals surface area (Å²) in [5.41, 5.74) is 20.7. The van der Waals surface area contributed by atoms with Crippen molar-refractivity contribution in [1.29, 1.82) is 0 Å². The van der Waals surface area contributed by atoms with E-state index in [1.165, 1.54) is 116 Å². The predicted molar refractivity (Wildman–Crippen MR) is 266 cm³/mol. The second-order valence-corrected chi connectivity index (χ2v) is 19.8. The number of hydrogen-bond acceptors (Lipinski definition) is 1. The van der Waals surface area contributed by atoms with Gasteiger partial charge in [0.05, 0.1) is 11.1 Å². The van der Waals surface area contributed by atoms with E-state index < -0.39 is 5.41 Å². The quantitative estimate of drug-likeness (QED) is 0.162. The molecule has 4 fully saturated rings. The molecule has 0 heterocycles. The van der Waals surface area contributed by atoms with E-state index in [2.05, 4.69) is 211 Å². The summed E-state index contributed by atoms with van der Waals surface area (Å²) in [4.78, 5) is 2.50. The maximum atomic E-state index is 2.54. The van der Waals surface area contributed by atoms with Crippen LogP contribution in [0.4, 0.5) is 17.1 Å². The molecule has 0 unspecified atom stereocenters. The maximum Gasteiger partial charge on any atom is 0.0726 e. The third kappa shape index (κ3) is 5.13. The lowest BCUT2D eigenvalue weighted by molar-refractivity contribution is -0.00449. The standard InChI is InChI=1S/C63H49N/c1-2-14-44(15-3-1)49-16-9-13-25-61(49)64(47-30-31-55-54-21-8-12-24-59(54)63(60(55)37-47)57-22-10-6-19-52(57)53-20-7-11-23-58(53)63)46-28-26-45(27-29-46)48-32-33-56(51-18-5-4-17-50(48)51)62-38-41-34-42(39-62)36-43(35-41)40-62/h1-33,37,41-43H,34-36,38-40H2. The molecule has 306 valence electrons. The van der Waals surface area contributed by atoms with E-state index >= 15 is 0 Å². The Bertz CT molecular complexity index is 3220. The van der Waals surface area contributed by atoms with Crippen molar-refractivity contribution in [1.82, 2.24) is 0 Å². The molecule has 0 N–H and O–H groups in total. The summed E-state index contributed by atoms with van der Waals surface area (Å²) in [7, 11) is 0. The van der Waals surface area contributed by atoms with Gasteiger partial charge in [0.25, 0.3) is 0 Å². The topological polar surface area (TPSA) is 3.24 Å². The molecule has 15 rings (SSSR count). The highest BCUT2D eigenvalue weighted by Gasteiger charge is 2.53. The fraction of sp³-hybridized carbons (Fsp3) is 0.175. The molecule has 4 bridgehead atoms. The third-order valence-electron chi connectivity index (χ3n) is 16.4. The minimum absolute atomic E-state index is 0.349. The number of fused-ring (bicyclic) bond motifs is 11. The van der Waals surface area contributed by atoms with Gasteiger partial charge in [0, 0.05) is 16.9 Å². The molecule has 6 aliphatic carbocycles. The zero-order valence-corrected chi connectivity index (χ0v) is 36.1. The lowest BCUT2D eigenvalue weighted by Gasteiger charge is -2.57. The van der Waals surface area contributed by atoms with Gasteiger partial charge in [0.1, 0.15) is 0 Å². The van der Waals surface area contributed by atoms with Crippen LogP contribution in [0.3, 0.4) is 0 Å². The number of nitrogens with zero attached hydrogens (tertiary/aromatic N) is 1. The molecule has 9 aromatic carbocycles. The van der Waals surface area contributed by atoms with Gasteiger partial charge in [-0.15, -0.1) is 0 Å². The van der Waals surface area contributed by atoms with Crippen molar-refractivity contribution in [3.8, 4) is 44.5 Å². The molecule has 0 atom stereocenters. The smallest absolute Gasteiger partial charge is 0.0726 e. The van der Waals surface area contributed by atoms with Crippen LogP contribution in [0.15, 0.2) is 206 Å². The van der Waals surface area contributed by atoms with Crippen LogP contribution in [0.25, 0.3) is 55.3 Å². The van der Waals surface area contributed by atoms with Crippen molar-refractivity contribution in [2.75, 3.05) is 4.90 Å². The highest BCUT2D eigenvalue weighted by Crippen LogP contribution is 2.64. The van der Waals surface area contributed by atoms with Crippen LogP contribution in [0, 0.1) is 17.8 Å². The molecule has 9 aromatic rings. The van der Waals surface area contributed by atoms with Crippen molar-refractivity contribution < 1.29 is 0 Å². The number of anilines is 3. The fourth-order valence-corrected chi connectivity index (χ4v) is 14.4. The molecule has 6 aliphatic rings. The fourth-order valence-electron chi connectivity index (χ4n) is 14.4. The Morgan fingerprint density at radius 3 is 1.42 bits per heavy atom. The van der Waals surface area contributed by atoms with E-state index in [9.17, 15) is 0 Å². The van der Waals surface area contributed by atoms with Crippen LogP contribution in [-0.4, -0.2) is 0 Å². The normalized spacial score (nSPS) is 21.4. The van der Waals surface area contributed by atoms with E-state index in [0.717, 1.165) is 34.8 Å². The van der Waals surface area contributed by atoms with Gasteiger partial charge in [-0.3, -0.25) is 0 Å². The minimum Gasteiger partial charge on any atom is -0.310 e. The summed E-state index contributed by atoms with van der Waals surface area (Å²) in [6, 6.07) is 78.2. The lowest BCUT2D eigenvalue weighted by Crippen LogP contribution is -2.48. The van der Waals surface area contributed by atoms with E-state index in [0.29, 0.717) is 5.41 Å². The molecule has 4 saturated carbocycles. The van der Waals surface area contributed by atoms with Crippen molar-refractivity contribution in [3.05, 3.63) is 234 Å². The molecule has 1 spiro atoms. The molecular weight excluding hydrogens is 771 g/mol. The summed E-state index contributed by atoms with van der Waals surface area (Å²) >= 11 is 0. The molecule has 0 saturated heterocycles. The Morgan fingerprint density at radius 2 is 0.797 bits per heavy atom. The van der Waals surface area contributed by atoms with Gasteiger partial charge in [-0.1, -0.05) is 176 Å². The van der Waals surface area contributed by atoms with E-state index in [4.69, 9.17) is 0 Å². The SMILES string of the molecule is c1ccc(-c2ccccc2N(c2ccc(-c3ccc(C45CC6CC(CC(C6)C4)C5)c4ccccc34)cc2)c2ccc3c(c2)C2(c4ccccc4-c4ccccc42)c2ccccc2-3)cc1. The molecule has 1 nitrogen and oxygen atoms in total. The predicted octanol–water partition coefficient (Wildman–Crippen LogP) is 16.5. The van der Waals surface area contributed by atoms with Gasteiger partial charge in [0.2, 0.25) is 0 Å². The first-order valence-corrected chi connectivity index (χ1v) is 23.7. The van der Waals surface area contributed by atoms with Crippen molar-refractivity contribution in [3.63, 3.8) is 0 Å². The molecule has 0 aromatic heterocycles. The van der Waals surface area contributed by atoms with E-state index in [1.54, 1.807) is 5.56 Å². The van der Waals surface area contributed by atoms with Crippen molar-refractivity contribution in [2.24, 2.45) is 17.8 Å². The van der Waals surface area contributed by atoms with Crippen LogP contribution >= 0.6 is 0 Å². The zero-order valence-electron chi connectivity index (χ0n) is 36.1. The molecule has 0 amide bonds. The zero-order chi connectivity index (χ0) is 42.0. The molecule has 0 aliphatic heterocycles. The highest BCUT2D eigenvalue weighted by molar-refractivity contribution is 6.00. The van der Waals surface area contributed by atoms with Crippen LogP contribution in [0.2, 0.25) is 0 Å². The summed E-state index contributed by atoms with van der Waals surface area (Å²) in [6.45, 7) is 0. The largest absolute Gasteiger partial charge is 0.310 e. The summed E-state index contributed by atoms with van der Waals surface area (Å²) in [6.07, 6.45) is 8.55. The summed E-state index contributed by atoms with van der Waals surface area (Å²) in [5, 5.41) is 2.85. The van der Waals surface area contributed by atoms with Crippen LogP contribution in [0.1, 0.15) is 66.3 Å². The number of hydrogen-bond donors (Lipinski definition) is 0. The van der Waals surface area contributed by atoms with Gasteiger partial charge in [-0.25, -0.2) is 0 Å². The van der Waals surface area contributed by atoms with Gasteiger partial charge >= 0.3 is 0 Å². The summed E-state index contributed by atoms with van der Waals surface area (Å²) < 4.78 is 0. The van der Waals surface area contributed by atoms with Crippen LogP contribution in [0.5, 0.6) is 0 Å². The van der Waals surface area contributed by atoms with Gasteiger partial charge < -0.3 is 4.90 Å². The lowest BCUT2D eigenvalue weighted by atomic mass is 9.47. The molecule has 64 heavy (non-hydrogen) atoms. The first-order chi connectivity index (χ1) is 31.7. The minimum atomic E-state index is -0.424. The van der Waals surface area contributed by atoms with E-state index in [1.807, 2.05) is 0 Å². The number of rotatable bonds is 6. The van der Waals surface area contributed by atoms with Crippen LogP contribution in [-0.2, 0) is 10.8 Å².